The van der Waals surface area contributed by atoms with Gasteiger partial charge in [0.1, 0.15) is 0 Å². The van der Waals surface area contributed by atoms with Crippen LogP contribution in [0.2, 0.25) is 0 Å². The Morgan fingerprint density at radius 3 is 2.06 bits per heavy atom. The van der Waals surface area contributed by atoms with Crippen LogP contribution in [-0.2, 0) is 10.0 Å². The molecule has 0 spiro atoms. The van der Waals surface area contributed by atoms with E-state index in [9.17, 15) is 8.42 Å². The molecule has 17 heavy (non-hydrogen) atoms. The van der Waals surface area contributed by atoms with Crippen LogP contribution in [0.4, 0.5) is 0 Å². The molecule has 1 fully saturated rings. The van der Waals surface area contributed by atoms with Gasteiger partial charge in [0.15, 0.2) is 0 Å². The van der Waals surface area contributed by atoms with Crippen molar-refractivity contribution in [1.29, 1.82) is 0 Å². The van der Waals surface area contributed by atoms with E-state index in [4.69, 9.17) is 5.73 Å². The quantitative estimate of drug-likeness (QED) is 0.763. The van der Waals surface area contributed by atoms with Gasteiger partial charge in [0, 0.05) is 25.2 Å². The van der Waals surface area contributed by atoms with Crippen molar-refractivity contribution in [1.82, 2.24) is 9.21 Å². The van der Waals surface area contributed by atoms with Gasteiger partial charge in [0.25, 0.3) is 0 Å². The van der Waals surface area contributed by atoms with E-state index in [-0.39, 0.29) is 12.1 Å². The van der Waals surface area contributed by atoms with Gasteiger partial charge in [-0.15, -0.1) is 0 Å². The highest BCUT2D eigenvalue weighted by atomic mass is 32.2. The molecular weight excluding hydrogens is 238 g/mol. The van der Waals surface area contributed by atoms with Crippen LogP contribution >= 0.6 is 0 Å². The molecule has 1 rings (SSSR count). The largest absolute Gasteiger partial charge is 0.328 e. The molecule has 1 saturated carbocycles. The number of likely N-dealkylation sites (N-methyl/N-ethyl adjacent to an activating group) is 1. The Labute approximate surface area is 105 Å². The van der Waals surface area contributed by atoms with Crippen molar-refractivity contribution in [3.8, 4) is 0 Å². The Morgan fingerprint density at radius 2 is 1.65 bits per heavy atom. The fraction of sp³-hybridized carbons (Fsp3) is 1.00. The molecule has 0 aromatic rings. The molecule has 102 valence electrons. The summed E-state index contributed by atoms with van der Waals surface area (Å²) < 4.78 is 25.3. The van der Waals surface area contributed by atoms with Crippen molar-refractivity contribution in [3.05, 3.63) is 0 Å². The molecule has 1 aliphatic carbocycles. The van der Waals surface area contributed by atoms with E-state index in [1.165, 1.54) is 6.26 Å². The smallest absolute Gasteiger partial charge is 0.211 e. The third-order valence-corrected chi connectivity index (χ3v) is 4.67. The second-order valence-corrected chi connectivity index (χ2v) is 7.18. The summed E-state index contributed by atoms with van der Waals surface area (Å²) >= 11 is 0. The van der Waals surface area contributed by atoms with Crippen molar-refractivity contribution in [2.24, 2.45) is 5.73 Å². The number of hydrogen-bond acceptors (Lipinski definition) is 4. The first kappa shape index (κ1) is 14.9. The molecule has 0 atom stereocenters. The Balaban J connectivity index is 2.63. The van der Waals surface area contributed by atoms with Crippen molar-refractivity contribution >= 4 is 10.0 Å². The van der Waals surface area contributed by atoms with E-state index >= 15 is 0 Å². The molecule has 0 amide bonds. The molecule has 5 nitrogen and oxygen atoms in total. The van der Waals surface area contributed by atoms with Gasteiger partial charge in [-0.2, -0.15) is 4.31 Å². The van der Waals surface area contributed by atoms with Gasteiger partial charge in [-0.1, -0.05) is 0 Å². The number of rotatable bonds is 5. The zero-order valence-electron chi connectivity index (χ0n) is 11.1. The molecule has 0 bridgehead atoms. The van der Waals surface area contributed by atoms with Crippen LogP contribution in [0.1, 0.15) is 25.7 Å². The summed E-state index contributed by atoms with van der Waals surface area (Å²) in [7, 11) is 0.799. The highest BCUT2D eigenvalue weighted by Gasteiger charge is 2.29. The van der Waals surface area contributed by atoms with E-state index in [2.05, 4.69) is 0 Å². The van der Waals surface area contributed by atoms with Gasteiger partial charge < -0.3 is 10.6 Å². The zero-order valence-corrected chi connectivity index (χ0v) is 11.9. The summed E-state index contributed by atoms with van der Waals surface area (Å²) in [4.78, 5) is 2.01. The molecule has 0 aromatic carbocycles. The Bertz CT molecular complexity index is 322. The van der Waals surface area contributed by atoms with Crippen LogP contribution in [0.5, 0.6) is 0 Å². The predicted octanol–water partition coefficient (Wildman–Crippen LogP) is 0.0795. The Kier molecular flexibility index (Phi) is 5.37. The van der Waals surface area contributed by atoms with E-state index < -0.39 is 10.0 Å². The Morgan fingerprint density at radius 1 is 1.12 bits per heavy atom. The second-order valence-electron chi connectivity index (χ2n) is 5.25. The summed E-state index contributed by atoms with van der Waals surface area (Å²) in [5, 5.41) is 0. The van der Waals surface area contributed by atoms with Crippen molar-refractivity contribution in [2.45, 2.75) is 37.8 Å². The highest BCUT2D eigenvalue weighted by molar-refractivity contribution is 7.88. The first-order valence-electron chi connectivity index (χ1n) is 6.18. The first-order valence-corrected chi connectivity index (χ1v) is 8.02. The lowest BCUT2D eigenvalue weighted by molar-refractivity contribution is 0.224. The maximum atomic E-state index is 11.8. The lowest BCUT2D eigenvalue weighted by Crippen LogP contribution is -2.46. The maximum absolute atomic E-state index is 11.8. The molecule has 6 heteroatoms. The lowest BCUT2D eigenvalue weighted by Gasteiger charge is -2.34. The number of sulfonamides is 1. The molecule has 1 aliphatic rings. The molecular formula is C11H25N3O2S. The highest BCUT2D eigenvalue weighted by Crippen LogP contribution is 2.23. The standard InChI is InChI=1S/C11H25N3O2S/c1-13(2)8-9-14(17(3,15)16)11-6-4-10(12)5-7-11/h10-11H,4-9,12H2,1-3H3. The number of hydrogen-bond donors (Lipinski definition) is 1. The molecule has 0 unspecified atom stereocenters. The van der Waals surface area contributed by atoms with Gasteiger partial charge in [0.2, 0.25) is 10.0 Å². The molecule has 0 saturated heterocycles. The van der Waals surface area contributed by atoms with Crippen LogP contribution in [0.3, 0.4) is 0 Å². The second kappa shape index (κ2) is 6.13. The van der Waals surface area contributed by atoms with E-state index in [0.717, 1.165) is 32.2 Å². The zero-order chi connectivity index (χ0) is 13.1. The van der Waals surface area contributed by atoms with Crippen molar-refractivity contribution < 1.29 is 8.42 Å². The average Bonchev–Trinajstić information content (AvgIpc) is 2.18. The van der Waals surface area contributed by atoms with Gasteiger partial charge in [-0.25, -0.2) is 8.42 Å². The molecule has 0 aromatic heterocycles. The summed E-state index contributed by atoms with van der Waals surface area (Å²) in [5.74, 6) is 0. The lowest BCUT2D eigenvalue weighted by atomic mass is 9.92. The van der Waals surface area contributed by atoms with Gasteiger partial charge in [0.05, 0.1) is 6.26 Å². The van der Waals surface area contributed by atoms with Gasteiger partial charge in [-0.05, 0) is 39.8 Å². The minimum atomic E-state index is -3.11. The third kappa shape index (κ3) is 4.91. The minimum Gasteiger partial charge on any atom is -0.328 e. The van der Waals surface area contributed by atoms with Gasteiger partial charge >= 0.3 is 0 Å². The van der Waals surface area contributed by atoms with Crippen LogP contribution in [-0.4, -0.2) is 63.1 Å². The van der Waals surface area contributed by atoms with Crippen molar-refractivity contribution in [3.63, 3.8) is 0 Å². The van der Waals surface area contributed by atoms with Crippen LogP contribution in [0.25, 0.3) is 0 Å². The SMILES string of the molecule is CN(C)CCN(C1CCC(N)CC1)S(C)(=O)=O. The fourth-order valence-electron chi connectivity index (χ4n) is 2.31. The number of nitrogens with zero attached hydrogens (tertiary/aromatic N) is 2. The summed E-state index contributed by atoms with van der Waals surface area (Å²) in [5.41, 5.74) is 5.85. The minimum absolute atomic E-state index is 0.143. The van der Waals surface area contributed by atoms with Crippen LogP contribution in [0, 0.1) is 0 Å². The molecule has 0 aliphatic heterocycles. The fourth-order valence-corrected chi connectivity index (χ4v) is 3.47. The predicted molar refractivity (Wildman–Crippen MR) is 70.3 cm³/mol. The average molecular weight is 263 g/mol. The van der Waals surface area contributed by atoms with E-state index in [1.54, 1.807) is 4.31 Å². The summed E-state index contributed by atoms with van der Waals surface area (Å²) in [6, 6.07) is 0.395. The number of nitrogens with two attached hydrogens (primary N) is 1. The first-order chi connectivity index (χ1) is 7.80. The van der Waals surface area contributed by atoms with Crippen LogP contribution < -0.4 is 5.73 Å². The molecule has 2 N–H and O–H groups in total. The molecule has 0 radical (unpaired) electrons. The van der Waals surface area contributed by atoms with Crippen molar-refractivity contribution in [2.75, 3.05) is 33.4 Å². The Hall–Kier alpha value is -0.170. The summed E-state index contributed by atoms with van der Waals surface area (Å²) in [6.45, 7) is 1.33. The van der Waals surface area contributed by atoms with Gasteiger partial charge in [-0.3, -0.25) is 0 Å². The van der Waals surface area contributed by atoms with E-state index in [0.29, 0.717) is 6.54 Å². The normalized spacial score (nSPS) is 26.7. The summed E-state index contributed by atoms with van der Waals surface area (Å²) in [6.07, 6.45) is 4.94. The van der Waals surface area contributed by atoms with Crippen LogP contribution in [0.15, 0.2) is 0 Å². The monoisotopic (exact) mass is 263 g/mol. The molecule has 0 heterocycles. The third-order valence-electron chi connectivity index (χ3n) is 3.34. The topological polar surface area (TPSA) is 66.6 Å². The maximum Gasteiger partial charge on any atom is 0.211 e. The van der Waals surface area contributed by atoms with E-state index in [1.807, 2.05) is 19.0 Å².